The van der Waals surface area contributed by atoms with Gasteiger partial charge in [0.1, 0.15) is 11.5 Å². The Kier molecular flexibility index (Phi) is 2.88. The van der Waals surface area contributed by atoms with Crippen LogP contribution in [0.2, 0.25) is 0 Å². The SMILES string of the molecule is CC(=O)CCc1occc1Br. The third kappa shape index (κ3) is 2.50. The Hall–Kier alpha value is -0.570. The van der Waals surface area contributed by atoms with E-state index in [4.69, 9.17) is 4.42 Å². The van der Waals surface area contributed by atoms with Crippen molar-refractivity contribution < 1.29 is 9.21 Å². The molecule has 0 atom stereocenters. The van der Waals surface area contributed by atoms with Crippen molar-refractivity contribution >= 4 is 21.7 Å². The van der Waals surface area contributed by atoms with E-state index >= 15 is 0 Å². The van der Waals surface area contributed by atoms with Gasteiger partial charge < -0.3 is 9.21 Å². The number of rotatable bonds is 3. The normalized spacial score (nSPS) is 10.0. The first kappa shape index (κ1) is 8.53. The zero-order valence-corrected chi connectivity index (χ0v) is 7.85. The quantitative estimate of drug-likeness (QED) is 0.778. The summed E-state index contributed by atoms with van der Waals surface area (Å²) < 4.78 is 6.06. The molecule has 60 valence electrons. The second kappa shape index (κ2) is 3.72. The first-order chi connectivity index (χ1) is 5.20. The predicted octanol–water partition coefficient (Wildman–Crippen LogP) is 2.56. The topological polar surface area (TPSA) is 30.2 Å². The Morgan fingerprint density at radius 1 is 1.73 bits per heavy atom. The van der Waals surface area contributed by atoms with Gasteiger partial charge in [0, 0.05) is 12.8 Å². The molecule has 1 rings (SSSR count). The van der Waals surface area contributed by atoms with Crippen LogP contribution in [0.4, 0.5) is 0 Å². The Morgan fingerprint density at radius 3 is 2.91 bits per heavy atom. The number of carbonyl (C=O) groups excluding carboxylic acids is 1. The Labute approximate surface area is 73.7 Å². The summed E-state index contributed by atoms with van der Waals surface area (Å²) in [7, 11) is 0. The number of hydrogen-bond acceptors (Lipinski definition) is 2. The van der Waals surface area contributed by atoms with Gasteiger partial charge in [0.25, 0.3) is 0 Å². The molecular weight excluding hydrogens is 208 g/mol. The van der Waals surface area contributed by atoms with Crippen LogP contribution >= 0.6 is 15.9 Å². The summed E-state index contributed by atoms with van der Waals surface area (Å²) in [6, 6.07) is 1.83. The molecule has 0 bridgehead atoms. The molecule has 2 nitrogen and oxygen atoms in total. The summed E-state index contributed by atoms with van der Waals surface area (Å²) in [5.74, 6) is 1.04. The summed E-state index contributed by atoms with van der Waals surface area (Å²) in [4.78, 5) is 10.6. The fourth-order valence-corrected chi connectivity index (χ4v) is 1.19. The zero-order chi connectivity index (χ0) is 8.27. The Bertz CT molecular complexity index is 252. The largest absolute Gasteiger partial charge is 0.468 e. The van der Waals surface area contributed by atoms with E-state index in [9.17, 15) is 4.79 Å². The molecule has 0 aliphatic heterocycles. The molecule has 1 heterocycles. The zero-order valence-electron chi connectivity index (χ0n) is 6.26. The van der Waals surface area contributed by atoms with Crippen LogP contribution in [-0.2, 0) is 11.2 Å². The van der Waals surface area contributed by atoms with Gasteiger partial charge in [-0.05, 0) is 28.9 Å². The highest BCUT2D eigenvalue weighted by Crippen LogP contribution is 2.18. The second-order valence-corrected chi connectivity index (χ2v) is 3.25. The van der Waals surface area contributed by atoms with Crippen LogP contribution in [-0.4, -0.2) is 5.78 Å². The summed E-state index contributed by atoms with van der Waals surface area (Å²) in [5.41, 5.74) is 0. The van der Waals surface area contributed by atoms with E-state index in [0.29, 0.717) is 12.8 Å². The highest BCUT2D eigenvalue weighted by atomic mass is 79.9. The van der Waals surface area contributed by atoms with Gasteiger partial charge in [-0.2, -0.15) is 0 Å². The minimum atomic E-state index is 0.188. The minimum absolute atomic E-state index is 0.188. The highest BCUT2D eigenvalue weighted by molar-refractivity contribution is 9.10. The van der Waals surface area contributed by atoms with E-state index in [1.807, 2.05) is 6.07 Å². The van der Waals surface area contributed by atoms with E-state index in [1.54, 1.807) is 13.2 Å². The predicted molar refractivity (Wildman–Crippen MR) is 45.4 cm³/mol. The molecule has 0 saturated heterocycles. The fraction of sp³-hybridized carbons (Fsp3) is 0.375. The molecule has 0 unspecified atom stereocenters. The molecule has 3 heteroatoms. The monoisotopic (exact) mass is 216 g/mol. The van der Waals surface area contributed by atoms with Gasteiger partial charge in [-0.1, -0.05) is 0 Å². The maximum Gasteiger partial charge on any atom is 0.130 e. The number of ketones is 1. The van der Waals surface area contributed by atoms with Crippen molar-refractivity contribution in [3.05, 3.63) is 22.6 Å². The summed E-state index contributed by atoms with van der Waals surface area (Å²) in [5, 5.41) is 0. The van der Waals surface area contributed by atoms with Crippen molar-refractivity contribution in [3.8, 4) is 0 Å². The lowest BCUT2D eigenvalue weighted by Crippen LogP contribution is -1.92. The number of hydrogen-bond donors (Lipinski definition) is 0. The van der Waals surface area contributed by atoms with Gasteiger partial charge >= 0.3 is 0 Å². The van der Waals surface area contributed by atoms with Crippen molar-refractivity contribution in [3.63, 3.8) is 0 Å². The number of carbonyl (C=O) groups is 1. The van der Waals surface area contributed by atoms with E-state index in [-0.39, 0.29) is 5.78 Å². The van der Waals surface area contributed by atoms with Crippen molar-refractivity contribution in [1.82, 2.24) is 0 Å². The number of Topliss-reactive ketones (excluding diaryl/α,β-unsaturated/α-hetero) is 1. The van der Waals surface area contributed by atoms with Crippen LogP contribution in [0.15, 0.2) is 21.2 Å². The summed E-state index contributed by atoms with van der Waals surface area (Å²) in [6.45, 7) is 1.58. The lowest BCUT2D eigenvalue weighted by molar-refractivity contribution is -0.117. The molecule has 0 saturated carbocycles. The third-order valence-corrected chi connectivity index (χ3v) is 2.10. The van der Waals surface area contributed by atoms with Gasteiger partial charge in [0.15, 0.2) is 0 Å². The molecular formula is C8H9BrO2. The molecule has 0 N–H and O–H groups in total. The van der Waals surface area contributed by atoms with Gasteiger partial charge in [-0.25, -0.2) is 0 Å². The molecule has 0 fully saturated rings. The lowest BCUT2D eigenvalue weighted by Gasteiger charge is -1.93. The van der Waals surface area contributed by atoms with Crippen LogP contribution in [0.3, 0.4) is 0 Å². The second-order valence-electron chi connectivity index (χ2n) is 2.39. The number of furan rings is 1. The van der Waals surface area contributed by atoms with Crippen LogP contribution in [0.25, 0.3) is 0 Å². The Balaban J connectivity index is 2.51. The highest BCUT2D eigenvalue weighted by Gasteiger charge is 2.03. The van der Waals surface area contributed by atoms with Crippen molar-refractivity contribution in [2.24, 2.45) is 0 Å². The maximum atomic E-state index is 10.6. The van der Waals surface area contributed by atoms with Crippen molar-refractivity contribution in [1.29, 1.82) is 0 Å². The van der Waals surface area contributed by atoms with Gasteiger partial charge in [0.05, 0.1) is 10.7 Å². The van der Waals surface area contributed by atoms with Gasteiger partial charge in [-0.3, -0.25) is 0 Å². The van der Waals surface area contributed by atoms with E-state index in [0.717, 1.165) is 10.2 Å². The first-order valence-corrected chi connectivity index (χ1v) is 4.21. The molecule has 0 aliphatic rings. The maximum absolute atomic E-state index is 10.6. The summed E-state index contributed by atoms with van der Waals surface area (Å²) in [6.07, 6.45) is 2.84. The minimum Gasteiger partial charge on any atom is -0.468 e. The molecule has 0 radical (unpaired) electrons. The molecule has 0 aliphatic carbocycles. The van der Waals surface area contributed by atoms with Gasteiger partial charge in [0.2, 0.25) is 0 Å². The fourth-order valence-electron chi connectivity index (χ4n) is 0.793. The van der Waals surface area contributed by atoms with E-state index in [1.165, 1.54) is 0 Å². The van der Waals surface area contributed by atoms with Crippen molar-refractivity contribution in [2.45, 2.75) is 19.8 Å². The lowest BCUT2D eigenvalue weighted by atomic mass is 10.2. The molecule has 1 aromatic rings. The molecule has 1 aromatic heterocycles. The van der Waals surface area contributed by atoms with Gasteiger partial charge in [-0.15, -0.1) is 0 Å². The average Bonchev–Trinajstić information content (AvgIpc) is 2.31. The number of aryl methyl sites for hydroxylation is 1. The molecule has 0 spiro atoms. The smallest absolute Gasteiger partial charge is 0.130 e. The van der Waals surface area contributed by atoms with E-state index < -0.39 is 0 Å². The molecule has 0 aromatic carbocycles. The summed E-state index contributed by atoms with van der Waals surface area (Å²) >= 11 is 3.31. The number of halogens is 1. The van der Waals surface area contributed by atoms with Crippen LogP contribution in [0, 0.1) is 0 Å². The van der Waals surface area contributed by atoms with Crippen LogP contribution in [0.1, 0.15) is 19.1 Å². The first-order valence-electron chi connectivity index (χ1n) is 3.41. The average molecular weight is 217 g/mol. The Morgan fingerprint density at radius 2 is 2.45 bits per heavy atom. The molecule has 11 heavy (non-hydrogen) atoms. The standard InChI is InChI=1S/C8H9BrO2/c1-6(10)2-3-8-7(9)4-5-11-8/h4-5H,2-3H2,1H3. The van der Waals surface area contributed by atoms with Crippen LogP contribution in [0.5, 0.6) is 0 Å². The molecule has 0 amide bonds. The van der Waals surface area contributed by atoms with E-state index in [2.05, 4.69) is 15.9 Å². The van der Waals surface area contributed by atoms with Crippen molar-refractivity contribution in [2.75, 3.05) is 0 Å². The van der Waals surface area contributed by atoms with Crippen LogP contribution < -0.4 is 0 Å². The third-order valence-electron chi connectivity index (χ3n) is 1.40.